The molecule has 0 aliphatic rings. The predicted octanol–water partition coefficient (Wildman–Crippen LogP) is 11.6. The van der Waals surface area contributed by atoms with Gasteiger partial charge in [-0.2, -0.15) is 0 Å². The Labute approximate surface area is 332 Å². The SMILES string of the molecule is CC/C=C\C/C=C\C/C=C\C/C=C\C/C=C\CC(=O)NC(COP(=O)(O)OCC[N+](C)(C)C)C(O)/C=C/CCCCCCCCCCCCCCCCC. The molecule has 0 aliphatic heterocycles. The highest BCUT2D eigenvalue weighted by atomic mass is 31.2. The zero-order valence-electron chi connectivity index (χ0n) is 35.2. The van der Waals surface area contributed by atoms with Gasteiger partial charge in [-0.15, -0.1) is 0 Å². The van der Waals surface area contributed by atoms with Crippen LogP contribution in [0.2, 0.25) is 0 Å². The highest BCUT2D eigenvalue weighted by Gasteiger charge is 2.27. The summed E-state index contributed by atoms with van der Waals surface area (Å²) < 4.78 is 23.5. The minimum atomic E-state index is -4.36. The number of nitrogens with one attached hydrogen (secondary N) is 1. The number of nitrogens with zero attached hydrogens (tertiary/aromatic N) is 1. The molecule has 0 radical (unpaired) electrons. The Bertz CT molecular complexity index is 1110. The van der Waals surface area contributed by atoms with Crippen LogP contribution in [0.25, 0.3) is 0 Å². The second kappa shape index (κ2) is 36.6. The van der Waals surface area contributed by atoms with Crippen molar-refractivity contribution in [2.24, 2.45) is 0 Å². The van der Waals surface area contributed by atoms with Crippen molar-refractivity contribution >= 4 is 13.7 Å². The van der Waals surface area contributed by atoms with E-state index in [2.05, 4.69) is 67.8 Å². The average molecular weight is 778 g/mol. The van der Waals surface area contributed by atoms with E-state index in [9.17, 15) is 19.4 Å². The number of allylic oxidation sites excluding steroid dienone is 10. The molecular formula is C45H82N2O6P+. The normalized spacial score (nSPS) is 15.2. The molecule has 8 nitrogen and oxygen atoms in total. The van der Waals surface area contributed by atoms with Crippen LogP contribution in [0.4, 0.5) is 0 Å². The molecule has 3 atom stereocenters. The van der Waals surface area contributed by atoms with Crippen LogP contribution < -0.4 is 5.32 Å². The van der Waals surface area contributed by atoms with Gasteiger partial charge in [0, 0.05) is 6.42 Å². The number of carbonyl (C=O) groups is 1. The van der Waals surface area contributed by atoms with Crippen molar-refractivity contribution in [1.29, 1.82) is 0 Å². The van der Waals surface area contributed by atoms with Gasteiger partial charge in [0.1, 0.15) is 13.2 Å². The van der Waals surface area contributed by atoms with Crippen LogP contribution in [-0.4, -0.2) is 73.4 Å². The number of aliphatic hydroxyl groups excluding tert-OH is 1. The van der Waals surface area contributed by atoms with Gasteiger partial charge in [0.15, 0.2) is 0 Å². The number of unbranched alkanes of at least 4 members (excludes halogenated alkanes) is 15. The summed E-state index contributed by atoms with van der Waals surface area (Å²) in [6.07, 6.45) is 48.6. The number of phosphoric ester groups is 1. The van der Waals surface area contributed by atoms with E-state index in [0.717, 1.165) is 44.9 Å². The molecule has 0 aromatic carbocycles. The third-order valence-corrected chi connectivity index (χ3v) is 9.95. The van der Waals surface area contributed by atoms with Gasteiger partial charge in [0.25, 0.3) is 0 Å². The lowest BCUT2D eigenvalue weighted by molar-refractivity contribution is -0.870. The molecule has 0 fully saturated rings. The van der Waals surface area contributed by atoms with Crippen LogP contribution >= 0.6 is 7.82 Å². The number of quaternary nitrogens is 1. The first-order valence-electron chi connectivity index (χ1n) is 21.3. The summed E-state index contributed by atoms with van der Waals surface area (Å²) in [6, 6.07) is -0.903. The van der Waals surface area contributed by atoms with Gasteiger partial charge in [-0.05, 0) is 44.9 Å². The highest BCUT2D eigenvalue weighted by molar-refractivity contribution is 7.47. The quantitative estimate of drug-likeness (QED) is 0.0251. The zero-order valence-corrected chi connectivity index (χ0v) is 36.1. The maximum atomic E-state index is 12.8. The number of hydrogen-bond donors (Lipinski definition) is 3. The monoisotopic (exact) mass is 778 g/mol. The van der Waals surface area contributed by atoms with E-state index in [0.29, 0.717) is 17.4 Å². The van der Waals surface area contributed by atoms with Crippen LogP contribution in [0.5, 0.6) is 0 Å². The van der Waals surface area contributed by atoms with Gasteiger partial charge in [0.05, 0.1) is 39.9 Å². The molecule has 1 amide bonds. The van der Waals surface area contributed by atoms with Crippen LogP contribution in [-0.2, 0) is 18.4 Å². The molecule has 0 heterocycles. The topological polar surface area (TPSA) is 105 Å². The Balaban J connectivity index is 4.61. The fraction of sp³-hybridized carbons (Fsp3) is 0.711. The molecule has 0 aromatic heterocycles. The zero-order chi connectivity index (χ0) is 40.0. The van der Waals surface area contributed by atoms with Crippen LogP contribution in [0.1, 0.15) is 155 Å². The van der Waals surface area contributed by atoms with Crippen molar-refractivity contribution in [3.05, 3.63) is 72.9 Å². The first kappa shape index (κ1) is 51.9. The molecule has 0 saturated carbocycles. The van der Waals surface area contributed by atoms with E-state index in [1.807, 2.05) is 33.3 Å². The Morgan fingerprint density at radius 3 is 1.56 bits per heavy atom. The molecule has 9 heteroatoms. The standard InChI is InChI=1S/C45H81N2O6P/c1-6-8-10-12-14-16-18-20-22-23-25-26-28-30-32-34-36-38-44(48)43(42-53-54(50,51)52-41-40-47(3,4)5)46-45(49)39-37-35-33-31-29-27-24-21-19-17-15-13-11-9-7-2/h9,11,15,17,21,24,29,31,35-38,43-44,48H,6-8,10,12-14,16,18-20,22-23,25-28,30,32-34,39-42H2,1-5H3,(H-,46,49,50,51)/p+1/b11-9-,17-15-,24-21-,31-29-,37-35-,38-36+. The van der Waals surface area contributed by atoms with E-state index in [1.165, 1.54) is 83.5 Å². The number of likely N-dealkylation sites (N-methyl/N-ethyl adjacent to an activating group) is 1. The Hall–Kier alpha value is -2.06. The molecule has 3 unspecified atom stereocenters. The lowest BCUT2D eigenvalue weighted by atomic mass is 10.0. The average Bonchev–Trinajstić information content (AvgIpc) is 3.12. The molecule has 0 aliphatic carbocycles. The van der Waals surface area contributed by atoms with Crippen LogP contribution in [0.3, 0.4) is 0 Å². The molecular weight excluding hydrogens is 695 g/mol. The second-order valence-electron chi connectivity index (χ2n) is 15.4. The van der Waals surface area contributed by atoms with E-state index >= 15 is 0 Å². The maximum Gasteiger partial charge on any atom is 0.472 e. The number of carbonyl (C=O) groups excluding carboxylic acids is 1. The predicted molar refractivity (Wildman–Crippen MR) is 230 cm³/mol. The minimum absolute atomic E-state index is 0.0418. The smallest absolute Gasteiger partial charge is 0.387 e. The molecule has 0 bridgehead atoms. The number of hydrogen-bond acceptors (Lipinski definition) is 5. The van der Waals surface area contributed by atoms with Crippen molar-refractivity contribution < 1.29 is 32.9 Å². The van der Waals surface area contributed by atoms with Gasteiger partial charge in [-0.25, -0.2) is 4.57 Å². The number of phosphoric acid groups is 1. The number of amides is 1. The first-order chi connectivity index (χ1) is 26.0. The summed E-state index contributed by atoms with van der Waals surface area (Å²) in [5, 5.41) is 13.7. The van der Waals surface area contributed by atoms with Gasteiger partial charge in [0.2, 0.25) is 5.91 Å². The molecule has 0 saturated heterocycles. The van der Waals surface area contributed by atoms with Crippen molar-refractivity contribution in [3.63, 3.8) is 0 Å². The van der Waals surface area contributed by atoms with Crippen molar-refractivity contribution in [2.75, 3.05) is 40.9 Å². The van der Waals surface area contributed by atoms with Gasteiger partial charge in [-0.1, -0.05) is 177 Å². The van der Waals surface area contributed by atoms with E-state index in [-0.39, 0.29) is 25.5 Å². The molecule has 0 aromatic rings. The summed E-state index contributed by atoms with van der Waals surface area (Å²) in [5.74, 6) is -0.307. The van der Waals surface area contributed by atoms with Crippen molar-refractivity contribution in [1.82, 2.24) is 5.32 Å². The molecule has 0 spiro atoms. The van der Waals surface area contributed by atoms with E-state index < -0.39 is 20.0 Å². The summed E-state index contributed by atoms with van der Waals surface area (Å²) in [5.41, 5.74) is 0. The third-order valence-electron chi connectivity index (χ3n) is 8.96. The lowest BCUT2D eigenvalue weighted by Crippen LogP contribution is -2.45. The summed E-state index contributed by atoms with van der Waals surface area (Å²) in [6.45, 7) is 4.60. The first-order valence-corrected chi connectivity index (χ1v) is 22.8. The van der Waals surface area contributed by atoms with Crippen LogP contribution in [0.15, 0.2) is 72.9 Å². The summed E-state index contributed by atoms with van der Waals surface area (Å²) >= 11 is 0. The second-order valence-corrected chi connectivity index (χ2v) is 16.8. The maximum absolute atomic E-state index is 12.8. The van der Waals surface area contributed by atoms with Crippen molar-refractivity contribution in [3.8, 4) is 0 Å². The van der Waals surface area contributed by atoms with Gasteiger partial charge < -0.3 is 19.8 Å². The fourth-order valence-corrected chi connectivity index (χ4v) is 6.31. The van der Waals surface area contributed by atoms with E-state index in [1.54, 1.807) is 12.2 Å². The Kier molecular flexibility index (Phi) is 35.2. The van der Waals surface area contributed by atoms with Crippen molar-refractivity contribution in [2.45, 2.75) is 167 Å². The summed E-state index contributed by atoms with van der Waals surface area (Å²) in [4.78, 5) is 23.0. The van der Waals surface area contributed by atoms with Crippen LogP contribution in [0, 0.1) is 0 Å². The highest BCUT2D eigenvalue weighted by Crippen LogP contribution is 2.43. The number of rotatable bonds is 37. The largest absolute Gasteiger partial charge is 0.472 e. The molecule has 312 valence electrons. The molecule has 3 N–H and O–H groups in total. The Morgan fingerprint density at radius 1 is 0.648 bits per heavy atom. The van der Waals surface area contributed by atoms with E-state index in [4.69, 9.17) is 9.05 Å². The molecule has 0 rings (SSSR count). The van der Waals surface area contributed by atoms with Gasteiger partial charge in [-0.3, -0.25) is 13.8 Å². The third kappa shape index (κ3) is 38.2. The fourth-order valence-electron chi connectivity index (χ4n) is 5.58. The lowest BCUT2D eigenvalue weighted by Gasteiger charge is -2.25. The number of aliphatic hydroxyl groups is 1. The minimum Gasteiger partial charge on any atom is -0.387 e. The Morgan fingerprint density at radius 2 is 1.09 bits per heavy atom. The summed E-state index contributed by atoms with van der Waals surface area (Å²) in [7, 11) is 1.50. The van der Waals surface area contributed by atoms with Gasteiger partial charge >= 0.3 is 7.82 Å². The molecule has 54 heavy (non-hydrogen) atoms.